The highest BCUT2D eigenvalue weighted by atomic mass is 32.1. The van der Waals surface area contributed by atoms with Gasteiger partial charge in [-0.25, -0.2) is 4.99 Å². The van der Waals surface area contributed by atoms with Crippen LogP contribution in [0.15, 0.2) is 27.7 Å². The Hall–Kier alpha value is -1.82. The van der Waals surface area contributed by atoms with Gasteiger partial charge in [0.15, 0.2) is 11.7 Å². The van der Waals surface area contributed by atoms with Crippen molar-refractivity contribution in [3.05, 3.63) is 39.4 Å². The Labute approximate surface area is 135 Å². The molecule has 6 heteroatoms. The topological polar surface area (TPSA) is 62.5 Å². The van der Waals surface area contributed by atoms with Crippen molar-refractivity contribution in [2.24, 2.45) is 4.99 Å². The van der Waals surface area contributed by atoms with Gasteiger partial charge < -0.3 is 15.2 Å². The number of aryl methyl sites for hydroxylation is 1. The minimum absolute atomic E-state index is 0.370. The maximum absolute atomic E-state index is 5.31. The fourth-order valence-electron chi connectivity index (χ4n) is 1.93. The number of hydrogen-bond acceptors (Lipinski definition) is 4. The molecule has 0 atom stereocenters. The molecule has 0 aliphatic heterocycles. The highest BCUT2D eigenvalue weighted by molar-refractivity contribution is 7.11. The molecule has 0 amide bonds. The normalized spacial score (nSPS) is 12.0. The first-order valence-electron chi connectivity index (χ1n) is 7.61. The molecule has 0 fully saturated rings. The van der Waals surface area contributed by atoms with E-state index in [2.05, 4.69) is 60.6 Å². The average Bonchev–Trinajstić information content (AvgIpc) is 3.11. The lowest BCUT2D eigenvalue weighted by molar-refractivity contribution is 0.376. The summed E-state index contributed by atoms with van der Waals surface area (Å²) >= 11 is 1.80. The van der Waals surface area contributed by atoms with Gasteiger partial charge in [0.1, 0.15) is 6.54 Å². The maximum atomic E-state index is 5.31. The van der Waals surface area contributed by atoms with Crippen molar-refractivity contribution in [2.45, 2.75) is 46.7 Å². The van der Waals surface area contributed by atoms with Crippen LogP contribution in [0.5, 0.6) is 0 Å². The van der Waals surface area contributed by atoms with Crippen LogP contribution in [-0.2, 0) is 13.1 Å². The zero-order chi connectivity index (χ0) is 15.9. The summed E-state index contributed by atoms with van der Waals surface area (Å²) in [4.78, 5) is 7.16. The quantitative estimate of drug-likeness (QED) is 0.632. The van der Waals surface area contributed by atoms with E-state index in [4.69, 9.17) is 4.52 Å². The van der Waals surface area contributed by atoms with E-state index in [0.29, 0.717) is 12.5 Å². The van der Waals surface area contributed by atoms with Crippen LogP contribution in [0, 0.1) is 6.92 Å². The summed E-state index contributed by atoms with van der Waals surface area (Å²) in [6.45, 7) is 10.4. The first-order valence-corrected chi connectivity index (χ1v) is 8.43. The third-order valence-electron chi connectivity index (χ3n) is 3.13. The van der Waals surface area contributed by atoms with Crippen molar-refractivity contribution in [3.63, 3.8) is 0 Å². The van der Waals surface area contributed by atoms with Gasteiger partial charge in [-0.05, 0) is 31.9 Å². The molecule has 2 N–H and O–H groups in total. The molecule has 0 bridgehead atoms. The zero-order valence-corrected chi connectivity index (χ0v) is 14.5. The Balaban J connectivity index is 1.93. The predicted molar refractivity (Wildman–Crippen MR) is 91.3 cm³/mol. The highest BCUT2D eigenvalue weighted by Crippen LogP contribution is 2.15. The van der Waals surface area contributed by atoms with Crippen LogP contribution in [0.4, 0.5) is 0 Å². The van der Waals surface area contributed by atoms with Crippen LogP contribution < -0.4 is 10.6 Å². The van der Waals surface area contributed by atoms with Crippen LogP contribution in [0.25, 0.3) is 0 Å². The van der Waals surface area contributed by atoms with Crippen molar-refractivity contribution >= 4 is 17.3 Å². The molecular weight excluding hydrogens is 296 g/mol. The van der Waals surface area contributed by atoms with Gasteiger partial charge in [0, 0.05) is 22.4 Å². The largest absolute Gasteiger partial charge is 0.359 e. The number of thiophene rings is 1. The second-order valence-corrected chi connectivity index (χ2v) is 6.81. The standard InChI is InChI=1S/C16H24N4OS/c1-5-17-16(19-10-14-7-6-12(4)22-14)18-9-13-8-15(11(2)3)20-21-13/h6-8,11H,5,9-10H2,1-4H3,(H2,17,18,19). The maximum Gasteiger partial charge on any atom is 0.191 e. The van der Waals surface area contributed by atoms with Crippen molar-refractivity contribution in [3.8, 4) is 0 Å². The second kappa shape index (κ2) is 7.98. The van der Waals surface area contributed by atoms with Crippen molar-refractivity contribution in [2.75, 3.05) is 6.54 Å². The minimum atomic E-state index is 0.370. The number of nitrogens with zero attached hydrogens (tertiary/aromatic N) is 2. The van der Waals surface area contributed by atoms with E-state index in [1.165, 1.54) is 9.75 Å². The molecule has 0 saturated carbocycles. The van der Waals surface area contributed by atoms with Gasteiger partial charge in [0.05, 0.1) is 12.2 Å². The molecule has 0 spiro atoms. The summed E-state index contributed by atoms with van der Waals surface area (Å²) in [5.41, 5.74) is 0.970. The first kappa shape index (κ1) is 16.5. The van der Waals surface area contributed by atoms with E-state index < -0.39 is 0 Å². The van der Waals surface area contributed by atoms with Crippen LogP contribution in [0.2, 0.25) is 0 Å². The molecule has 22 heavy (non-hydrogen) atoms. The lowest BCUT2D eigenvalue weighted by Crippen LogP contribution is -2.36. The van der Waals surface area contributed by atoms with Crippen LogP contribution in [-0.4, -0.2) is 17.7 Å². The molecule has 2 rings (SSSR count). The Bertz CT molecular complexity index is 615. The van der Waals surface area contributed by atoms with Gasteiger partial charge in [-0.2, -0.15) is 0 Å². The molecule has 120 valence electrons. The minimum Gasteiger partial charge on any atom is -0.359 e. The van der Waals surface area contributed by atoms with E-state index in [9.17, 15) is 0 Å². The van der Waals surface area contributed by atoms with Gasteiger partial charge in [-0.1, -0.05) is 19.0 Å². The Morgan fingerprint density at radius 1 is 1.36 bits per heavy atom. The fourth-order valence-corrected chi connectivity index (χ4v) is 2.76. The third-order valence-corrected chi connectivity index (χ3v) is 4.13. The Kier molecular flexibility index (Phi) is 6.00. The number of guanidine groups is 1. The first-order chi connectivity index (χ1) is 10.6. The number of hydrogen-bond donors (Lipinski definition) is 2. The summed E-state index contributed by atoms with van der Waals surface area (Å²) < 4.78 is 5.31. The van der Waals surface area contributed by atoms with E-state index in [-0.39, 0.29) is 0 Å². The van der Waals surface area contributed by atoms with Gasteiger partial charge in [0.25, 0.3) is 0 Å². The average molecular weight is 320 g/mol. The fraction of sp³-hybridized carbons (Fsp3) is 0.500. The Morgan fingerprint density at radius 3 is 2.77 bits per heavy atom. The van der Waals surface area contributed by atoms with Gasteiger partial charge in [-0.3, -0.25) is 0 Å². The number of nitrogens with one attached hydrogen (secondary N) is 2. The number of aliphatic imine (C=N–C) groups is 1. The van der Waals surface area contributed by atoms with Crippen molar-refractivity contribution < 1.29 is 4.52 Å². The molecule has 0 aliphatic rings. The summed E-state index contributed by atoms with van der Waals surface area (Å²) in [6, 6.07) is 6.25. The molecule has 0 aromatic carbocycles. The molecule has 2 heterocycles. The third kappa shape index (κ3) is 4.87. The molecule has 2 aromatic rings. The smallest absolute Gasteiger partial charge is 0.191 e. The van der Waals surface area contributed by atoms with Crippen LogP contribution >= 0.6 is 11.3 Å². The van der Waals surface area contributed by atoms with Crippen LogP contribution in [0.1, 0.15) is 47.9 Å². The molecule has 0 radical (unpaired) electrons. The monoisotopic (exact) mass is 320 g/mol. The van der Waals surface area contributed by atoms with Crippen LogP contribution in [0.3, 0.4) is 0 Å². The van der Waals surface area contributed by atoms with Gasteiger partial charge in [-0.15, -0.1) is 11.3 Å². The lowest BCUT2D eigenvalue weighted by Gasteiger charge is -2.09. The molecule has 0 unspecified atom stereocenters. The van der Waals surface area contributed by atoms with Crippen molar-refractivity contribution in [1.29, 1.82) is 0 Å². The summed E-state index contributed by atoms with van der Waals surface area (Å²) in [6.07, 6.45) is 0. The lowest BCUT2D eigenvalue weighted by atomic mass is 10.1. The summed E-state index contributed by atoms with van der Waals surface area (Å²) in [5, 5.41) is 10.6. The summed E-state index contributed by atoms with van der Waals surface area (Å²) in [7, 11) is 0. The molecule has 0 aliphatic carbocycles. The SMILES string of the molecule is CCNC(=NCc1cc(C(C)C)no1)NCc1ccc(C)s1. The Morgan fingerprint density at radius 2 is 2.18 bits per heavy atom. The second-order valence-electron chi connectivity index (χ2n) is 5.43. The zero-order valence-electron chi connectivity index (χ0n) is 13.6. The predicted octanol–water partition coefficient (Wildman–Crippen LogP) is 3.42. The van der Waals surface area contributed by atoms with E-state index in [1.807, 2.05) is 6.07 Å². The molecule has 5 nitrogen and oxygen atoms in total. The number of aromatic nitrogens is 1. The van der Waals surface area contributed by atoms with Gasteiger partial charge >= 0.3 is 0 Å². The van der Waals surface area contributed by atoms with E-state index in [1.54, 1.807) is 11.3 Å². The number of rotatable bonds is 6. The van der Waals surface area contributed by atoms with Gasteiger partial charge in [0.2, 0.25) is 0 Å². The van der Waals surface area contributed by atoms with Crippen molar-refractivity contribution in [1.82, 2.24) is 15.8 Å². The molecular formula is C16H24N4OS. The van der Waals surface area contributed by atoms with E-state index in [0.717, 1.165) is 30.5 Å². The summed E-state index contributed by atoms with van der Waals surface area (Å²) in [5.74, 6) is 1.94. The van der Waals surface area contributed by atoms with E-state index >= 15 is 0 Å². The molecule has 0 saturated heterocycles. The highest BCUT2D eigenvalue weighted by Gasteiger charge is 2.07. The molecule has 2 aromatic heterocycles.